The van der Waals surface area contributed by atoms with Gasteiger partial charge in [0.1, 0.15) is 6.10 Å². The number of nitrogens with zero attached hydrogens (tertiary/aromatic N) is 1. The number of fused-ring (bicyclic) bond motifs is 4. The van der Waals surface area contributed by atoms with Crippen molar-refractivity contribution in [2.24, 2.45) is 23.7 Å². The predicted octanol–water partition coefficient (Wildman–Crippen LogP) is 1.55. The first-order valence-corrected chi connectivity index (χ1v) is 10.6. The van der Waals surface area contributed by atoms with E-state index in [0.717, 1.165) is 45.2 Å². The van der Waals surface area contributed by atoms with E-state index in [1.54, 1.807) is 14.2 Å². The third kappa shape index (κ3) is 3.47. The Hall–Kier alpha value is -0.240. The van der Waals surface area contributed by atoms with Gasteiger partial charge < -0.3 is 24.1 Å². The Bertz CT molecular complexity index is 505. The standard InChI is InChI=1S/C21H37NO5/c1-24-16-9-13-7-15-19-12(8-18(26-3)21(27-4)20(19)23)5-6-22(15)11-14(13)10-17(16)25-2/h12-21,23H,5-11H2,1-4H3. The lowest BCUT2D eigenvalue weighted by Crippen LogP contribution is -2.65. The summed E-state index contributed by atoms with van der Waals surface area (Å²) in [5, 5.41) is 11.2. The molecule has 0 bridgehead atoms. The van der Waals surface area contributed by atoms with Gasteiger partial charge in [0, 0.05) is 46.9 Å². The van der Waals surface area contributed by atoms with Gasteiger partial charge in [-0.25, -0.2) is 0 Å². The van der Waals surface area contributed by atoms with Crippen LogP contribution >= 0.6 is 0 Å². The molecule has 2 saturated heterocycles. The summed E-state index contributed by atoms with van der Waals surface area (Å²) < 4.78 is 22.8. The van der Waals surface area contributed by atoms with Crippen LogP contribution in [0.3, 0.4) is 0 Å². The predicted molar refractivity (Wildman–Crippen MR) is 102 cm³/mol. The maximum atomic E-state index is 11.2. The summed E-state index contributed by atoms with van der Waals surface area (Å²) in [6.07, 6.45) is 5.23. The molecule has 2 heterocycles. The van der Waals surface area contributed by atoms with Crippen molar-refractivity contribution >= 4 is 0 Å². The summed E-state index contributed by atoms with van der Waals surface area (Å²) in [4.78, 5) is 2.66. The largest absolute Gasteiger partial charge is 0.390 e. The second kappa shape index (κ2) is 8.25. The molecular formula is C21H37NO5. The third-order valence-corrected chi connectivity index (χ3v) is 8.22. The molecule has 4 fully saturated rings. The van der Waals surface area contributed by atoms with Crippen molar-refractivity contribution in [1.82, 2.24) is 4.90 Å². The lowest BCUT2D eigenvalue weighted by Gasteiger charge is -2.58. The Kier molecular flexibility index (Phi) is 6.12. The third-order valence-electron chi connectivity index (χ3n) is 8.22. The van der Waals surface area contributed by atoms with Crippen LogP contribution in [0.4, 0.5) is 0 Å². The maximum absolute atomic E-state index is 11.2. The molecule has 0 aromatic rings. The van der Waals surface area contributed by atoms with E-state index in [-0.39, 0.29) is 30.3 Å². The van der Waals surface area contributed by atoms with Gasteiger partial charge in [0.05, 0.1) is 24.4 Å². The van der Waals surface area contributed by atoms with Crippen LogP contribution in [0.25, 0.3) is 0 Å². The number of ether oxygens (including phenoxy) is 4. The molecule has 6 nitrogen and oxygen atoms in total. The Morgan fingerprint density at radius 1 is 0.741 bits per heavy atom. The van der Waals surface area contributed by atoms with E-state index in [2.05, 4.69) is 4.90 Å². The molecule has 6 heteroatoms. The smallest absolute Gasteiger partial charge is 0.109 e. The number of piperidine rings is 2. The summed E-state index contributed by atoms with van der Waals surface area (Å²) in [6, 6.07) is 0.451. The van der Waals surface area contributed by atoms with Crippen molar-refractivity contribution in [3.05, 3.63) is 0 Å². The highest BCUT2D eigenvalue weighted by atomic mass is 16.5. The summed E-state index contributed by atoms with van der Waals surface area (Å²) in [5.41, 5.74) is 0. The van der Waals surface area contributed by atoms with E-state index >= 15 is 0 Å². The first-order chi connectivity index (χ1) is 13.1. The van der Waals surface area contributed by atoms with Gasteiger partial charge >= 0.3 is 0 Å². The highest BCUT2D eigenvalue weighted by Gasteiger charge is 2.54. The molecule has 156 valence electrons. The number of rotatable bonds is 4. The maximum Gasteiger partial charge on any atom is 0.109 e. The molecule has 4 aliphatic rings. The summed E-state index contributed by atoms with van der Waals surface area (Å²) in [5.74, 6) is 2.16. The number of aliphatic hydroxyl groups excluding tert-OH is 1. The highest BCUT2D eigenvalue weighted by Crippen LogP contribution is 2.49. The molecule has 2 saturated carbocycles. The van der Waals surface area contributed by atoms with Crippen molar-refractivity contribution in [3.8, 4) is 0 Å². The molecule has 0 spiro atoms. The highest BCUT2D eigenvalue weighted by molar-refractivity contribution is 5.06. The van der Waals surface area contributed by atoms with Crippen LogP contribution in [-0.4, -0.2) is 88.1 Å². The minimum absolute atomic E-state index is 0.00384. The summed E-state index contributed by atoms with van der Waals surface area (Å²) in [7, 11) is 7.06. The summed E-state index contributed by atoms with van der Waals surface area (Å²) in [6.45, 7) is 2.27. The molecule has 2 aliphatic heterocycles. The van der Waals surface area contributed by atoms with Gasteiger partial charge in [0.25, 0.3) is 0 Å². The zero-order chi connectivity index (χ0) is 19.1. The molecule has 4 rings (SSSR count). The molecular weight excluding hydrogens is 346 g/mol. The van der Waals surface area contributed by atoms with Gasteiger partial charge in [-0.05, 0) is 56.4 Å². The number of aliphatic hydroxyl groups is 1. The fourth-order valence-corrected chi connectivity index (χ4v) is 6.86. The number of hydrogen-bond acceptors (Lipinski definition) is 6. The monoisotopic (exact) mass is 383 g/mol. The van der Waals surface area contributed by atoms with Gasteiger partial charge in [-0.1, -0.05) is 0 Å². The van der Waals surface area contributed by atoms with E-state index in [1.807, 2.05) is 14.2 Å². The van der Waals surface area contributed by atoms with Crippen LogP contribution < -0.4 is 0 Å². The van der Waals surface area contributed by atoms with Crippen LogP contribution in [0.1, 0.15) is 32.1 Å². The molecule has 1 N–H and O–H groups in total. The quantitative estimate of drug-likeness (QED) is 0.795. The first-order valence-electron chi connectivity index (χ1n) is 10.6. The van der Waals surface area contributed by atoms with Crippen LogP contribution in [0.5, 0.6) is 0 Å². The van der Waals surface area contributed by atoms with Gasteiger partial charge in [-0.2, -0.15) is 0 Å². The lowest BCUT2D eigenvalue weighted by molar-refractivity contribution is -0.191. The van der Waals surface area contributed by atoms with Crippen molar-refractivity contribution in [3.63, 3.8) is 0 Å². The van der Waals surface area contributed by atoms with E-state index < -0.39 is 6.10 Å². The molecule has 0 radical (unpaired) electrons. The Morgan fingerprint density at radius 2 is 1.37 bits per heavy atom. The van der Waals surface area contributed by atoms with E-state index in [4.69, 9.17) is 18.9 Å². The van der Waals surface area contributed by atoms with E-state index in [1.165, 1.54) is 0 Å². The van der Waals surface area contributed by atoms with Crippen molar-refractivity contribution < 1.29 is 24.1 Å². The fourth-order valence-electron chi connectivity index (χ4n) is 6.86. The molecule has 10 unspecified atom stereocenters. The van der Waals surface area contributed by atoms with Crippen LogP contribution in [0.2, 0.25) is 0 Å². The van der Waals surface area contributed by atoms with Crippen LogP contribution in [0, 0.1) is 23.7 Å². The minimum Gasteiger partial charge on any atom is -0.390 e. The Labute approximate surface area is 163 Å². The minimum atomic E-state index is -0.448. The fraction of sp³-hybridized carbons (Fsp3) is 1.00. The zero-order valence-corrected chi connectivity index (χ0v) is 17.3. The van der Waals surface area contributed by atoms with Crippen LogP contribution in [0.15, 0.2) is 0 Å². The summed E-state index contributed by atoms with van der Waals surface area (Å²) >= 11 is 0. The SMILES string of the molecule is COC1CC2CC3C4C(CCN3CC2CC1OC)CC(OC)C(OC)C4O. The van der Waals surface area contributed by atoms with Gasteiger partial charge in [0.2, 0.25) is 0 Å². The molecule has 27 heavy (non-hydrogen) atoms. The van der Waals surface area contributed by atoms with Crippen molar-refractivity contribution in [1.29, 1.82) is 0 Å². The second-order valence-corrected chi connectivity index (χ2v) is 9.16. The topological polar surface area (TPSA) is 60.4 Å². The average molecular weight is 384 g/mol. The molecule has 0 amide bonds. The average Bonchev–Trinajstić information content (AvgIpc) is 2.70. The Morgan fingerprint density at radius 3 is 2.00 bits per heavy atom. The van der Waals surface area contributed by atoms with Gasteiger partial charge in [-0.3, -0.25) is 4.90 Å². The molecule has 0 aromatic carbocycles. The molecule has 10 atom stereocenters. The lowest BCUT2D eigenvalue weighted by atomic mass is 9.61. The Balaban J connectivity index is 1.52. The molecule has 2 aliphatic carbocycles. The van der Waals surface area contributed by atoms with Gasteiger partial charge in [0.15, 0.2) is 0 Å². The number of methoxy groups -OCH3 is 4. The molecule has 0 aromatic heterocycles. The normalized spacial score (nSPS) is 50.6. The van der Waals surface area contributed by atoms with Gasteiger partial charge in [-0.15, -0.1) is 0 Å². The zero-order valence-electron chi connectivity index (χ0n) is 17.3. The first kappa shape index (κ1) is 20.0. The van der Waals surface area contributed by atoms with Crippen LogP contribution in [-0.2, 0) is 18.9 Å². The van der Waals surface area contributed by atoms with Crippen molar-refractivity contribution in [2.45, 2.75) is 68.7 Å². The second-order valence-electron chi connectivity index (χ2n) is 9.16. The van der Waals surface area contributed by atoms with E-state index in [0.29, 0.717) is 23.8 Å². The van der Waals surface area contributed by atoms with E-state index in [9.17, 15) is 5.11 Å². The number of hydrogen-bond donors (Lipinski definition) is 1. The van der Waals surface area contributed by atoms with Crippen molar-refractivity contribution in [2.75, 3.05) is 41.5 Å².